The van der Waals surface area contributed by atoms with Gasteiger partial charge in [-0.3, -0.25) is 15.0 Å². The molecule has 0 aromatic heterocycles. The summed E-state index contributed by atoms with van der Waals surface area (Å²) in [6, 6.07) is 23.4. The molecule has 1 atom stereocenters. The van der Waals surface area contributed by atoms with Crippen LogP contribution in [0, 0.1) is 5.41 Å². The first-order valence-corrected chi connectivity index (χ1v) is 12.3. The van der Waals surface area contributed by atoms with Gasteiger partial charge in [-0.2, -0.15) is 0 Å². The van der Waals surface area contributed by atoms with Gasteiger partial charge in [-0.15, -0.1) is 0 Å². The molecule has 0 saturated heterocycles. The fourth-order valence-electron chi connectivity index (χ4n) is 4.42. The van der Waals surface area contributed by atoms with Gasteiger partial charge in [0.2, 0.25) is 11.8 Å². The Labute approximate surface area is 223 Å². The zero-order chi connectivity index (χ0) is 27.5. The van der Waals surface area contributed by atoms with Crippen LogP contribution in [0.2, 0.25) is 0 Å². The minimum absolute atomic E-state index is 0.128. The van der Waals surface area contributed by atoms with E-state index < -0.39 is 17.9 Å². The first-order chi connectivity index (χ1) is 18.3. The topological polar surface area (TPSA) is 144 Å². The molecule has 2 amide bonds. The third-order valence-corrected chi connectivity index (χ3v) is 6.27. The van der Waals surface area contributed by atoms with Crippen molar-refractivity contribution in [3.8, 4) is 11.5 Å². The third-order valence-electron chi connectivity index (χ3n) is 6.27. The highest BCUT2D eigenvalue weighted by Crippen LogP contribution is 2.32. The summed E-state index contributed by atoms with van der Waals surface area (Å²) in [6.07, 6.45) is 0.773. The van der Waals surface area contributed by atoms with Gasteiger partial charge in [0.15, 0.2) is 17.5 Å². The Morgan fingerprint density at radius 1 is 0.895 bits per heavy atom. The van der Waals surface area contributed by atoms with Crippen LogP contribution < -0.4 is 26.3 Å². The van der Waals surface area contributed by atoms with E-state index in [4.69, 9.17) is 26.4 Å². The molecule has 0 saturated carbocycles. The minimum atomic E-state index is -0.890. The molecule has 9 heteroatoms. The molecular formula is C29H35N5O4. The van der Waals surface area contributed by atoms with Crippen LogP contribution >= 0.6 is 0 Å². The number of hydrogen-bond acceptors (Lipinski definition) is 5. The molecule has 6 N–H and O–H groups in total. The van der Waals surface area contributed by atoms with Crippen LogP contribution in [0.25, 0.3) is 0 Å². The molecule has 0 spiro atoms. The van der Waals surface area contributed by atoms with E-state index in [1.165, 1.54) is 0 Å². The van der Waals surface area contributed by atoms with Crippen LogP contribution in [-0.2, 0) is 16.1 Å². The molecule has 38 heavy (non-hydrogen) atoms. The largest absolute Gasteiger partial charge is 0.493 e. The van der Waals surface area contributed by atoms with Crippen molar-refractivity contribution < 1.29 is 19.1 Å². The number of hydrogen-bond donors (Lipinski definition) is 4. The zero-order valence-electron chi connectivity index (χ0n) is 21.7. The van der Waals surface area contributed by atoms with Gasteiger partial charge in [0.05, 0.1) is 20.1 Å². The van der Waals surface area contributed by atoms with Crippen molar-refractivity contribution in [3.05, 3.63) is 95.6 Å². The highest BCUT2D eigenvalue weighted by Gasteiger charge is 2.34. The van der Waals surface area contributed by atoms with Gasteiger partial charge in [-0.25, -0.2) is 0 Å². The molecular weight excluding hydrogens is 482 g/mol. The molecule has 9 nitrogen and oxygen atoms in total. The quantitative estimate of drug-likeness (QED) is 0.156. The predicted molar refractivity (Wildman–Crippen MR) is 147 cm³/mol. The van der Waals surface area contributed by atoms with Crippen molar-refractivity contribution in [1.29, 1.82) is 5.41 Å². The summed E-state index contributed by atoms with van der Waals surface area (Å²) in [5.74, 6) is -0.590. The molecule has 0 aliphatic rings. The van der Waals surface area contributed by atoms with Crippen LogP contribution in [0.4, 0.5) is 0 Å². The lowest BCUT2D eigenvalue weighted by Crippen LogP contribution is -2.49. The van der Waals surface area contributed by atoms with Gasteiger partial charge in [0, 0.05) is 13.1 Å². The second-order valence-electron chi connectivity index (χ2n) is 8.81. The first kappa shape index (κ1) is 28.0. The Kier molecular flexibility index (Phi) is 10.1. The maximum atomic E-state index is 14.4. The molecule has 0 aliphatic carbocycles. The summed E-state index contributed by atoms with van der Waals surface area (Å²) in [4.78, 5) is 28.7. The molecule has 3 aromatic rings. The molecule has 0 unspecified atom stereocenters. The van der Waals surface area contributed by atoms with Crippen molar-refractivity contribution in [1.82, 2.24) is 10.2 Å². The Bertz CT molecular complexity index is 1180. The number of carbonyl (C=O) groups is 2. The summed E-state index contributed by atoms with van der Waals surface area (Å²) in [7, 11) is 3.09. The van der Waals surface area contributed by atoms with Gasteiger partial charge in [0.25, 0.3) is 0 Å². The summed E-state index contributed by atoms with van der Waals surface area (Å²) < 4.78 is 10.8. The lowest BCUT2D eigenvalue weighted by molar-refractivity contribution is -0.141. The fourth-order valence-corrected chi connectivity index (χ4v) is 4.42. The number of nitrogens with one attached hydrogen (secondary N) is 2. The molecule has 0 heterocycles. The Balaban J connectivity index is 2.05. The number of nitrogens with two attached hydrogens (primary N) is 2. The Morgan fingerprint density at radius 2 is 1.47 bits per heavy atom. The zero-order valence-corrected chi connectivity index (χ0v) is 21.7. The van der Waals surface area contributed by atoms with Crippen molar-refractivity contribution in [2.45, 2.75) is 31.3 Å². The normalized spacial score (nSPS) is 11.4. The van der Waals surface area contributed by atoms with Crippen LogP contribution in [0.15, 0.2) is 78.9 Å². The smallest absolute Gasteiger partial charge is 0.240 e. The number of primary amides is 1. The lowest BCUT2D eigenvalue weighted by Gasteiger charge is -2.33. The number of guanidine groups is 1. The van der Waals surface area contributed by atoms with Crippen molar-refractivity contribution in [3.63, 3.8) is 0 Å². The van der Waals surface area contributed by atoms with E-state index >= 15 is 0 Å². The lowest BCUT2D eigenvalue weighted by atomic mass is 9.89. The highest BCUT2D eigenvalue weighted by molar-refractivity contribution is 5.92. The highest BCUT2D eigenvalue weighted by atomic mass is 16.5. The molecule has 0 bridgehead atoms. The first-order valence-electron chi connectivity index (χ1n) is 12.3. The standard InChI is InChI=1S/C29H35N5O4/c1-37-24-16-15-20(18-25(24)38-2)19-34(23(27(30)35)14-9-17-33-29(31)32)28(36)26(21-10-5-3-6-11-21)22-12-7-4-8-13-22/h3-8,10-13,15-16,18,23,26H,9,14,17,19H2,1-2H3,(H2,30,35)(H4,31,32,33)/t23-/m0/s1. The second kappa shape index (κ2) is 13.7. The van der Waals surface area contributed by atoms with E-state index in [1.54, 1.807) is 31.3 Å². The van der Waals surface area contributed by atoms with Crippen molar-refractivity contribution >= 4 is 17.8 Å². The molecule has 3 rings (SSSR count). The van der Waals surface area contributed by atoms with Gasteiger partial charge in [-0.05, 0) is 41.7 Å². The van der Waals surface area contributed by atoms with E-state index in [1.807, 2.05) is 66.7 Å². The number of amides is 2. The van der Waals surface area contributed by atoms with Crippen LogP contribution in [0.1, 0.15) is 35.4 Å². The molecule has 3 aromatic carbocycles. The Morgan fingerprint density at radius 3 is 1.97 bits per heavy atom. The SMILES string of the molecule is COc1ccc(CN(C(=O)C(c2ccccc2)c2ccccc2)[C@@H](CCCNC(=N)N)C(N)=O)cc1OC. The molecule has 0 radical (unpaired) electrons. The van der Waals surface area contributed by atoms with Crippen LogP contribution in [0.3, 0.4) is 0 Å². The van der Waals surface area contributed by atoms with Crippen LogP contribution in [0.5, 0.6) is 11.5 Å². The number of rotatable bonds is 13. The number of benzene rings is 3. The number of nitrogens with zero attached hydrogens (tertiary/aromatic N) is 1. The number of carbonyl (C=O) groups excluding carboxylic acids is 2. The van der Waals surface area contributed by atoms with E-state index in [0.717, 1.165) is 16.7 Å². The van der Waals surface area contributed by atoms with Gasteiger partial charge in [0.1, 0.15) is 6.04 Å². The predicted octanol–water partition coefficient (Wildman–Crippen LogP) is 2.98. The monoisotopic (exact) mass is 517 g/mol. The average molecular weight is 518 g/mol. The van der Waals surface area contributed by atoms with E-state index in [0.29, 0.717) is 30.9 Å². The van der Waals surface area contributed by atoms with Crippen molar-refractivity contribution in [2.24, 2.45) is 11.5 Å². The maximum absolute atomic E-state index is 14.4. The average Bonchev–Trinajstić information content (AvgIpc) is 2.93. The minimum Gasteiger partial charge on any atom is -0.493 e. The second-order valence-corrected chi connectivity index (χ2v) is 8.81. The number of methoxy groups -OCH3 is 2. The summed E-state index contributed by atoms with van der Waals surface area (Å²) in [5, 5.41) is 10.1. The van der Waals surface area contributed by atoms with E-state index in [2.05, 4.69) is 5.32 Å². The third kappa shape index (κ3) is 7.25. The van der Waals surface area contributed by atoms with E-state index in [9.17, 15) is 9.59 Å². The Hall–Kier alpha value is -4.53. The van der Waals surface area contributed by atoms with Gasteiger partial charge in [-0.1, -0.05) is 66.7 Å². The van der Waals surface area contributed by atoms with Gasteiger partial charge < -0.3 is 31.2 Å². The van der Waals surface area contributed by atoms with Crippen LogP contribution in [-0.4, -0.2) is 49.5 Å². The molecule has 200 valence electrons. The van der Waals surface area contributed by atoms with Gasteiger partial charge >= 0.3 is 0 Å². The molecule has 0 aliphatic heterocycles. The maximum Gasteiger partial charge on any atom is 0.240 e. The summed E-state index contributed by atoms with van der Waals surface area (Å²) in [6.45, 7) is 0.501. The van der Waals surface area contributed by atoms with E-state index in [-0.39, 0.29) is 18.4 Å². The fraction of sp³-hybridized carbons (Fsp3) is 0.276. The summed E-state index contributed by atoms with van der Waals surface area (Å²) in [5.41, 5.74) is 13.6. The summed E-state index contributed by atoms with van der Waals surface area (Å²) >= 11 is 0. The van der Waals surface area contributed by atoms with Crippen molar-refractivity contribution in [2.75, 3.05) is 20.8 Å². The molecule has 0 fully saturated rings. The number of ether oxygens (including phenoxy) is 2.